The lowest BCUT2D eigenvalue weighted by molar-refractivity contribution is -0.141. The smallest absolute Gasteiger partial charge is 0.330 e. The molecule has 0 saturated heterocycles. The van der Waals surface area contributed by atoms with Gasteiger partial charge in [0, 0.05) is 25.9 Å². The van der Waals surface area contributed by atoms with Gasteiger partial charge in [-0.25, -0.2) is 4.79 Å². The maximum absolute atomic E-state index is 10.6. The summed E-state index contributed by atoms with van der Waals surface area (Å²) in [5.41, 5.74) is 0. The number of aliphatic hydroxyl groups excluding tert-OH is 2. The highest BCUT2D eigenvalue weighted by molar-refractivity contribution is 5.81. The van der Waals surface area contributed by atoms with Gasteiger partial charge in [-0.15, -0.1) is 0 Å². The average molecular weight is 218 g/mol. The van der Waals surface area contributed by atoms with Crippen LogP contribution in [0.4, 0.5) is 0 Å². The van der Waals surface area contributed by atoms with Crippen molar-refractivity contribution < 1.29 is 24.5 Å². The number of aliphatic hydroxyl groups is 2. The number of esters is 1. The molecule has 0 aliphatic rings. The molecule has 5 heteroatoms. The zero-order valence-electron chi connectivity index (χ0n) is 8.72. The molecular weight excluding hydrogens is 200 g/mol. The second kappa shape index (κ2) is 9.64. The first-order valence-corrected chi connectivity index (χ1v) is 4.86. The van der Waals surface area contributed by atoms with Crippen molar-refractivity contribution in [3.05, 3.63) is 12.7 Å². The molecule has 0 aromatic carbocycles. The first kappa shape index (κ1) is 14.1. The van der Waals surface area contributed by atoms with E-state index in [1.54, 1.807) is 0 Å². The topological polar surface area (TPSA) is 76.0 Å². The Bertz CT molecular complexity index is 181. The van der Waals surface area contributed by atoms with Crippen molar-refractivity contribution >= 4 is 5.97 Å². The van der Waals surface area contributed by atoms with Gasteiger partial charge in [-0.05, 0) is 12.8 Å². The summed E-state index contributed by atoms with van der Waals surface area (Å²) in [4.78, 5) is 10.6. The monoisotopic (exact) mass is 218 g/mol. The van der Waals surface area contributed by atoms with E-state index >= 15 is 0 Å². The predicted molar refractivity (Wildman–Crippen MR) is 54.3 cm³/mol. The lowest BCUT2D eigenvalue weighted by Gasteiger charge is -2.10. The zero-order chi connectivity index (χ0) is 11.5. The Morgan fingerprint density at radius 2 is 2.20 bits per heavy atom. The van der Waals surface area contributed by atoms with E-state index in [-0.39, 0.29) is 13.2 Å². The minimum atomic E-state index is -0.719. The second-order valence-electron chi connectivity index (χ2n) is 2.97. The Labute approximate surface area is 89.3 Å². The van der Waals surface area contributed by atoms with Crippen LogP contribution in [0.5, 0.6) is 0 Å². The zero-order valence-corrected chi connectivity index (χ0v) is 8.72. The fraction of sp³-hybridized carbons (Fsp3) is 0.700. The van der Waals surface area contributed by atoms with E-state index in [0.717, 1.165) is 6.08 Å². The van der Waals surface area contributed by atoms with Crippen LogP contribution in [0, 0.1) is 0 Å². The Kier molecular flexibility index (Phi) is 9.05. The second-order valence-corrected chi connectivity index (χ2v) is 2.97. The molecule has 1 atom stereocenters. The summed E-state index contributed by atoms with van der Waals surface area (Å²) in [7, 11) is 0. The van der Waals surface area contributed by atoms with E-state index in [0.29, 0.717) is 26.1 Å². The van der Waals surface area contributed by atoms with Gasteiger partial charge in [-0.1, -0.05) is 6.58 Å². The Balaban J connectivity index is 3.29. The molecule has 5 nitrogen and oxygen atoms in total. The third kappa shape index (κ3) is 9.40. The maximum Gasteiger partial charge on any atom is 0.330 e. The molecule has 15 heavy (non-hydrogen) atoms. The first-order chi connectivity index (χ1) is 7.20. The third-order valence-corrected chi connectivity index (χ3v) is 1.63. The normalized spacial score (nSPS) is 12.1. The van der Waals surface area contributed by atoms with Crippen molar-refractivity contribution in [3.63, 3.8) is 0 Å². The number of hydrogen-bond donors (Lipinski definition) is 2. The van der Waals surface area contributed by atoms with Crippen molar-refractivity contribution in [1.29, 1.82) is 0 Å². The predicted octanol–water partition coefficient (Wildman–Crippen LogP) is -0.134. The molecular formula is C10H18O5. The number of carbonyl (C=O) groups excluding carboxylic acids is 1. The molecule has 0 saturated carbocycles. The van der Waals surface area contributed by atoms with E-state index in [4.69, 9.17) is 9.84 Å². The van der Waals surface area contributed by atoms with Crippen molar-refractivity contribution in [2.45, 2.75) is 18.9 Å². The van der Waals surface area contributed by atoms with E-state index in [9.17, 15) is 9.90 Å². The number of hydrogen-bond acceptors (Lipinski definition) is 5. The van der Waals surface area contributed by atoms with Crippen LogP contribution in [0.1, 0.15) is 12.8 Å². The Morgan fingerprint density at radius 1 is 1.47 bits per heavy atom. The summed E-state index contributed by atoms with van der Waals surface area (Å²) in [6, 6.07) is 0. The molecule has 0 radical (unpaired) electrons. The molecule has 88 valence electrons. The van der Waals surface area contributed by atoms with Gasteiger partial charge < -0.3 is 19.7 Å². The van der Waals surface area contributed by atoms with E-state index in [1.807, 2.05) is 0 Å². The summed E-state index contributed by atoms with van der Waals surface area (Å²) in [5.74, 6) is -0.546. The molecule has 0 bridgehead atoms. The van der Waals surface area contributed by atoms with Crippen LogP contribution in [-0.2, 0) is 14.3 Å². The van der Waals surface area contributed by atoms with Crippen LogP contribution in [0.3, 0.4) is 0 Å². The van der Waals surface area contributed by atoms with Crippen LogP contribution in [-0.4, -0.2) is 48.7 Å². The molecule has 0 heterocycles. The molecule has 0 aromatic rings. The summed E-state index contributed by atoms with van der Waals surface area (Å²) < 4.78 is 9.73. The standard InChI is InChI=1S/C10H18O5/c1-2-10(13)15-8-9(12)4-7-14-6-3-5-11/h2,9,11-12H,1,3-8H2. The van der Waals surface area contributed by atoms with Gasteiger partial charge in [0.15, 0.2) is 0 Å². The summed E-state index contributed by atoms with van der Waals surface area (Å²) in [6.45, 7) is 4.13. The van der Waals surface area contributed by atoms with Crippen molar-refractivity contribution in [2.24, 2.45) is 0 Å². The molecule has 0 fully saturated rings. The minimum absolute atomic E-state index is 0.0474. The number of carbonyl (C=O) groups is 1. The fourth-order valence-corrected chi connectivity index (χ4v) is 0.809. The van der Waals surface area contributed by atoms with Gasteiger partial charge in [0.1, 0.15) is 6.61 Å². The molecule has 0 aliphatic heterocycles. The van der Waals surface area contributed by atoms with Crippen molar-refractivity contribution in [3.8, 4) is 0 Å². The molecule has 0 aromatic heterocycles. The number of rotatable bonds is 9. The van der Waals surface area contributed by atoms with Gasteiger partial charge in [0.25, 0.3) is 0 Å². The summed E-state index contributed by atoms with van der Waals surface area (Å²) >= 11 is 0. The van der Waals surface area contributed by atoms with Crippen LogP contribution < -0.4 is 0 Å². The third-order valence-electron chi connectivity index (χ3n) is 1.63. The molecule has 0 rings (SSSR count). The largest absolute Gasteiger partial charge is 0.460 e. The molecule has 0 spiro atoms. The van der Waals surface area contributed by atoms with Crippen LogP contribution >= 0.6 is 0 Å². The lowest BCUT2D eigenvalue weighted by atomic mass is 10.3. The highest BCUT2D eigenvalue weighted by Gasteiger charge is 2.06. The van der Waals surface area contributed by atoms with E-state index in [1.165, 1.54) is 0 Å². The van der Waals surface area contributed by atoms with Crippen molar-refractivity contribution in [2.75, 3.05) is 26.4 Å². The molecule has 2 N–H and O–H groups in total. The quantitative estimate of drug-likeness (QED) is 0.320. The van der Waals surface area contributed by atoms with E-state index in [2.05, 4.69) is 11.3 Å². The summed E-state index contributed by atoms with van der Waals surface area (Å²) in [6.07, 6.45) is 1.31. The van der Waals surface area contributed by atoms with Gasteiger partial charge >= 0.3 is 5.97 Å². The maximum atomic E-state index is 10.6. The van der Waals surface area contributed by atoms with Gasteiger partial charge in [-0.2, -0.15) is 0 Å². The summed E-state index contributed by atoms with van der Waals surface area (Å²) in [5, 5.41) is 17.8. The Morgan fingerprint density at radius 3 is 2.80 bits per heavy atom. The highest BCUT2D eigenvalue weighted by atomic mass is 16.5. The van der Waals surface area contributed by atoms with Gasteiger partial charge in [0.2, 0.25) is 0 Å². The average Bonchev–Trinajstić information content (AvgIpc) is 2.25. The van der Waals surface area contributed by atoms with E-state index < -0.39 is 12.1 Å². The van der Waals surface area contributed by atoms with Crippen molar-refractivity contribution in [1.82, 2.24) is 0 Å². The van der Waals surface area contributed by atoms with Crippen LogP contribution in [0.25, 0.3) is 0 Å². The first-order valence-electron chi connectivity index (χ1n) is 4.86. The SMILES string of the molecule is C=CC(=O)OCC(O)CCOCCCO. The number of ether oxygens (including phenoxy) is 2. The van der Waals surface area contributed by atoms with Gasteiger partial charge in [-0.3, -0.25) is 0 Å². The van der Waals surface area contributed by atoms with Crippen LogP contribution in [0.2, 0.25) is 0 Å². The minimum Gasteiger partial charge on any atom is -0.460 e. The molecule has 1 unspecified atom stereocenters. The van der Waals surface area contributed by atoms with Crippen LogP contribution in [0.15, 0.2) is 12.7 Å². The van der Waals surface area contributed by atoms with Gasteiger partial charge in [0.05, 0.1) is 6.10 Å². The molecule has 0 aliphatic carbocycles. The highest BCUT2D eigenvalue weighted by Crippen LogP contribution is 1.95. The fourth-order valence-electron chi connectivity index (χ4n) is 0.809. The molecule has 0 amide bonds. The Hall–Kier alpha value is -0.910. The lowest BCUT2D eigenvalue weighted by Crippen LogP contribution is -2.19.